The van der Waals surface area contributed by atoms with Gasteiger partial charge in [0, 0.05) is 20.1 Å². The fourth-order valence-corrected chi connectivity index (χ4v) is 2.35. The first-order chi connectivity index (χ1) is 10.7. The van der Waals surface area contributed by atoms with Gasteiger partial charge in [-0.1, -0.05) is 56.1 Å². The molecule has 0 saturated carbocycles. The van der Waals surface area contributed by atoms with Crippen LogP contribution in [-0.2, 0) is 0 Å². The minimum atomic E-state index is 0.360. The third-order valence-electron chi connectivity index (χ3n) is 2.78. The van der Waals surface area contributed by atoms with Crippen LogP contribution < -0.4 is 0 Å². The summed E-state index contributed by atoms with van der Waals surface area (Å²) in [5, 5.41) is 17.9. The molecule has 0 aromatic heterocycles. The average Bonchev–Trinajstić information content (AvgIpc) is 2.53. The summed E-state index contributed by atoms with van der Waals surface area (Å²) in [4.78, 5) is 7.71. The third-order valence-corrected chi connectivity index (χ3v) is 3.84. The van der Waals surface area contributed by atoms with Crippen molar-refractivity contribution in [3.63, 3.8) is 0 Å². The van der Waals surface area contributed by atoms with Crippen molar-refractivity contribution < 1.29 is 0 Å². The summed E-state index contributed by atoms with van der Waals surface area (Å²) in [6, 6.07) is 14.6. The molecule has 0 bridgehead atoms. The average molecular weight is 416 g/mol. The van der Waals surface area contributed by atoms with E-state index >= 15 is 0 Å². The maximum atomic E-state index is 8.97. The summed E-state index contributed by atoms with van der Waals surface area (Å²) in [6.07, 6.45) is 3.56. The van der Waals surface area contributed by atoms with Gasteiger partial charge in [0.15, 0.2) is 0 Å². The summed E-state index contributed by atoms with van der Waals surface area (Å²) in [6.45, 7) is 0. The molecule has 0 N–H and O–H groups in total. The summed E-state index contributed by atoms with van der Waals surface area (Å²) in [5.74, 6) is 0. The van der Waals surface area contributed by atoms with E-state index in [0.29, 0.717) is 22.6 Å². The number of nitrogens with zero attached hydrogens (tertiary/aromatic N) is 4. The lowest BCUT2D eigenvalue weighted by Crippen LogP contribution is -2.17. The van der Waals surface area contributed by atoms with E-state index in [9.17, 15) is 0 Å². The quantitative estimate of drug-likeness (QED) is 0.548. The van der Waals surface area contributed by atoms with E-state index in [0.717, 1.165) is 8.95 Å². The van der Waals surface area contributed by atoms with Crippen LogP contribution in [0.2, 0.25) is 0 Å². The summed E-state index contributed by atoms with van der Waals surface area (Å²) in [7, 11) is 0. The van der Waals surface area contributed by atoms with Gasteiger partial charge in [-0.15, -0.1) is 0 Å². The maximum Gasteiger partial charge on any atom is 0.206 e. The van der Waals surface area contributed by atoms with Crippen LogP contribution in [0.25, 0.3) is 0 Å². The van der Waals surface area contributed by atoms with Gasteiger partial charge in [0.2, 0.25) is 12.4 Å². The summed E-state index contributed by atoms with van der Waals surface area (Å²) in [5.41, 5.74) is 2.14. The van der Waals surface area contributed by atoms with Crippen molar-refractivity contribution in [2.75, 3.05) is 0 Å². The van der Waals surface area contributed by atoms with Gasteiger partial charge in [-0.05, 0) is 24.3 Å². The molecule has 0 aliphatic rings. The molecular weight excluding hydrogens is 408 g/mol. The van der Waals surface area contributed by atoms with Gasteiger partial charge in [-0.25, -0.2) is 0 Å². The fraction of sp³-hybridized carbons (Fsp3) is 0. The number of rotatable bonds is 3. The molecule has 6 heteroatoms. The zero-order chi connectivity index (χ0) is 15.9. The molecule has 2 aromatic rings. The standard InChI is InChI=1S/C16H8Br2N4/c17-13-5-1-11(2-6-13)15(21-9-19)16(22-10-20)12-3-7-14(18)8-4-12/h1-8H. The number of nitriles is 2. The SMILES string of the molecule is N#CN=C(C(=NC#N)c1ccc(Br)cc1)c1ccc(Br)cc1. The molecule has 0 aliphatic carbocycles. The highest BCUT2D eigenvalue weighted by Gasteiger charge is 2.15. The lowest BCUT2D eigenvalue weighted by molar-refractivity contribution is 1.42. The smallest absolute Gasteiger partial charge is 0.171 e. The van der Waals surface area contributed by atoms with Crippen molar-refractivity contribution in [3.8, 4) is 12.4 Å². The van der Waals surface area contributed by atoms with Crippen molar-refractivity contribution in [1.29, 1.82) is 10.5 Å². The van der Waals surface area contributed by atoms with Gasteiger partial charge in [0.25, 0.3) is 0 Å². The fourth-order valence-electron chi connectivity index (χ4n) is 1.82. The predicted molar refractivity (Wildman–Crippen MR) is 92.6 cm³/mol. The van der Waals surface area contributed by atoms with Gasteiger partial charge in [0.05, 0.1) is 0 Å². The molecule has 0 aliphatic heterocycles. The molecule has 0 amide bonds. The molecule has 2 rings (SSSR count). The molecular formula is C16H8Br2N4. The topological polar surface area (TPSA) is 72.3 Å². The van der Waals surface area contributed by atoms with Crippen molar-refractivity contribution in [2.24, 2.45) is 9.98 Å². The van der Waals surface area contributed by atoms with E-state index in [2.05, 4.69) is 41.8 Å². The molecule has 0 heterocycles. The highest BCUT2D eigenvalue weighted by molar-refractivity contribution is 9.10. The summed E-state index contributed by atoms with van der Waals surface area (Å²) >= 11 is 6.72. The van der Waals surface area contributed by atoms with Crippen molar-refractivity contribution in [1.82, 2.24) is 0 Å². The van der Waals surface area contributed by atoms with Crippen LogP contribution in [-0.4, -0.2) is 11.4 Å². The van der Waals surface area contributed by atoms with E-state index in [1.54, 1.807) is 12.4 Å². The predicted octanol–water partition coefficient (Wildman–Crippen LogP) is 4.45. The van der Waals surface area contributed by atoms with Crippen LogP contribution in [0.5, 0.6) is 0 Å². The lowest BCUT2D eigenvalue weighted by atomic mass is 9.99. The number of benzene rings is 2. The first kappa shape index (κ1) is 16.1. The molecule has 0 unspecified atom stereocenters. The molecule has 0 atom stereocenters. The largest absolute Gasteiger partial charge is 0.206 e. The molecule has 22 heavy (non-hydrogen) atoms. The number of hydrogen-bond acceptors (Lipinski definition) is 4. The Kier molecular flexibility index (Phi) is 5.60. The molecule has 2 aromatic carbocycles. The second-order valence-electron chi connectivity index (χ2n) is 4.13. The number of hydrogen-bond donors (Lipinski definition) is 0. The van der Waals surface area contributed by atoms with Crippen LogP contribution in [0.15, 0.2) is 67.5 Å². The Hall–Kier alpha value is -2.28. The maximum absolute atomic E-state index is 8.97. The van der Waals surface area contributed by atoms with Crippen molar-refractivity contribution >= 4 is 43.3 Å². The van der Waals surface area contributed by atoms with E-state index in [4.69, 9.17) is 10.5 Å². The Bertz CT molecular complexity index is 736. The van der Waals surface area contributed by atoms with E-state index in [1.807, 2.05) is 48.5 Å². The van der Waals surface area contributed by atoms with Gasteiger partial charge in [-0.3, -0.25) is 0 Å². The van der Waals surface area contributed by atoms with Crippen molar-refractivity contribution in [2.45, 2.75) is 0 Å². The van der Waals surface area contributed by atoms with E-state index < -0.39 is 0 Å². The highest BCUT2D eigenvalue weighted by atomic mass is 79.9. The highest BCUT2D eigenvalue weighted by Crippen LogP contribution is 2.16. The first-order valence-corrected chi connectivity index (χ1v) is 7.70. The lowest BCUT2D eigenvalue weighted by Gasteiger charge is -2.08. The molecule has 106 valence electrons. The van der Waals surface area contributed by atoms with Gasteiger partial charge >= 0.3 is 0 Å². The Morgan fingerprint density at radius 1 is 0.682 bits per heavy atom. The van der Waals surface area contributed by atoms with E-state index in [1.165, 1.54) is 0 Å². The second-order valence-corrected chi connectivity index (χ2v) is 5.97. The molecule has 0 radical (unpaired) electrons. The summed E-state index contributed by atoms with van der Waals surface area (Å²) < 4.78 is 1.82. The minimum absolute atomic E-state index is 0.360. The van der Waals surface area contributed by atoms with E-state index in [-0.39, 0.29) is 0 Å². The first-order valence-electron chi connectivity index (χ1n) is 6.11. The Morgan fingerprint density at radius 3 is 1.27 bits per heavy atom. The van der Waals surface area contributed by atoms with Crippen LogP contribution in [0.4, 0.5) is 0 Å². The van der Waals surface area contributed by atoms with Crippen LogP contribution in [0.3, 0.4) is 0 Å². The Morgan fingerprint density at radius 2 is 1.00 bits per heavy atom. The Balaban J connectivity index is 2.58. The third kappa shape index (κ3) is 3.88. The second kappa shape index (κ2) is 7.65. The molecule has 0 fully saturated rings. The minimum Gasteiger partial charge on any atom is -0.171 e. The Labute approximate surface area is 144 Å². The van der Waals surface area contributed by atoms with Crippen LogP contribution in [0.1, 0.15) is 11.1 Å². The molecule has 0 saturated heterocycles. The van der Waals surface area contributed by atoms with Crippen molar-refractivity contribution in [3.05, 3.63) is 68.6 Å². The van der Waals surface area contributed by atoms with Gasteiger partial charge in [0.1, 0.15) is 11.4 Å². The number of halogens is 2. The molecule has 0 spiro atoms. The van der Waals surface area contributed by atoms with Gasteiger partial charge in [-0.2, -0.15) is 20.5 Å². The zero-order valence-electron chi connectivity index (χ0n) is 11.2. The number of aliphatic imine (C=N–C) groups is 2. The molecule has 4 nitrogen and oxygen atoms in total. The van der Waals surface area contributed by atoms with Crippen LogP contribution in [0, 0.1) is 22.9 Å². The zero-order valence-corrected chi connectivity index (χ0v) is 14.3. The van der Waals surface area contributed by atoms with Crippen LogP contribution >= 0.6 is 31.9 Å². The monoisotopic (exact) mass is 414 g/mol. The normalized spacial score (nSPS) is 11.6. The van der Waals surface area contributed by atoms with Gasteiger partial charge < -0.3 is 0 Å².